The summed E-state index contributed by atoms with van der Waals surface area (Å²) in [7, 11) is 1.24. The molecule has 0 aliphatic carbocycles. The third-order valence-electron chi connectivity index (χ3n) is 2.03. The summed E-state index contributed by atoms with van der Waals surface area (Å²) in [5.41, 5.74) is 8.72. The molecule has 0 fully saturated rings. The Morgan fingerprint density at radius 2 is 2.39 bits per heavy atom. The number of hydrogen-bond acceptors (Lipinski definition) is 4. The minimum atomic E-state index is -0.620. The molecule has 1 N–H and O–H groups in total. The minimum absolute atomic E-state index is 0.0688. The second-order valence-electron chi connectivity index (χ2n) is 3.23. The molecule has 0 saturated carbocycles. The first-order chi connectivity index (χ1) is 8.69. The standard InChI is InChI=1S/C12H11N3O3/c1-18-12(17)10-8-9(5-6-11(10)16)4-2-3-7-14-15-13/h5-6,8,16H,3,7H2,1H3. The lowest BCUT2D eigenvalue weighted by Crippen LogP contribution is -2.01. The zero-order valence-electron chi connectivity index (χ0n) is 9.75. The number of nitrogens with zero attached hydrogens (tertiary/aromatic N) is 3. The van der Waals surface area contributed by atoms with Crippen molar-refractivity contribution in [1.29, 1.82) is 0 Å². The van der Waals surface area contributed by atoms with Crippen LogP contribution < -0.4 is 0 Å². The van der Waals surface area contributed by atoms with Crippen LogP contribution in [0.25, 0.3) is 10.4 Å². The van der Waals surface area contributed by atoms with Gasteiger partial charge in [-0.2, -0.15) is 0 Å². The minimum Gasteiger partial charge on any atom is -0.507 e. The summed E-state index contributed by atoms with van der Waals surface area (Å²) in [6.07, 6.45) is 0.429. The van der Waals surface area contributed by atoms with Crippen molar-refractivity contribution in [3.63, 3.8) is 0 Å². The Labute approximate surface area is 104 Å². The van der Waals surface area contributed by atoms with Gasteiger partial charge in [0.25, 0.3) is 0 Å². The van der Waals surface area contributed by atoms with Crippen molar-refractivity contribution in [2.75, 3.05) is 13.7 Å². The molecule has 1 aromatic rings. The lowest BCUT2D eigenvalue weighted by molar-refractivity contribution is 0.0597. The third-order valence-corrected chi connectivity index (χ3v) is 2.03. The van der Waals surface area contributed by atoms with Gasteiger partial charge in [-0.15, -0.1) is 0 Å². The van der Waals surface area contributed by atoms with Crippen molar-refractivity contribution in [1.82, 2.24) is 0 Å². The predicted octanol–water partition coefficient (Wildman–Crippen LogP) is 2.23. The number of ether oxygens (including phenoxy) is 1. The van der Waals surface area contributed by atoms with E-state index in [0.29, 0.717) is 18.5 Å². The van der Waals surface area contributed by atoms with E-state index in [1.807, 2.05) is 0 Å². The van der Waals surface area contributed by atoms with Crippen LogP contribution in [0.5, 0.6) is 5.75 Å². The van der Waals surface area contributed by atoms with E-state index in [9.17, 15) is 9.90 Å². The maximum Gasteiger partial charge on any atom is 0.341 e. The van der Waals surface area contributed by atoms with E-state index in [1.165, 1.54) is 19.2 Å². The maximum absolute atomic E-state index is 11.3. The average molecular weight is 245 g/mol. The van der Waals surface area contributed by atoms with Crippen molar-refractivity contribution >= 4 is 5.97 Å². The topological polar surface area (TPSA) is 95.3 Å². The quantitative estimate of drug-likeness (QED) is 0.221. The molecule has 0 heterocycles. The number of rotatable bonds is 3. The summed E-state index contributed by atoms with van der Waals surface area (Å²) in [6, 6.07) is 4.41. The first kappa shape index (κ1) is 13.4. The lowest BCUT2D eigenvalue weighted by Gasteiger charge is -2.02. The number of carbonyl (C=O) groups is 1. The zero-order chi connectivity index (χ0) is 13.4. The van der Waals surface area contributed by atoms with Crippen LogP contribution in [-0.4, -0.2) is 24.7 Å². The first-order valence-electron chi connectivity index (χ1n) is 5.10. The van der Waals surface area contributed by atoms with Gasteiger partial charge in [0.15, 0.2) is 0 Å². The molecule has 6 heteroatoms. The molecule has 0 radical (unpaired) electrons. The fourth-order valence-electron chi connectivity index (χ4n) is 1.20. The van der Waals surface area contributed by atoms with Gasteiger partial charge in [-0.25, -0.2) is 4.79 Å². The second-order valence-corrected chi connectivity index (χ2v) is 3.23. The highest BCUT2D eigenvalue weighted by atomic mass is 16.5. The van der Waals surface area contributed by atoms with Gasteiger partial charge >= 0.3 is 5.97 Å². The van der Waals surface area contributed by atoms with Crippen molar-refractivity contribution < 1.29 is 14.6 Å². The van der Waals surface area contributed by atoms with E-state index in [1.54, 1.807) is 6.07 Å². The summed E-state index contributed by atoms with van der Waals surface area (Å²) in [4.78, 5) is 13.9. The molecule has 6 nitrogen and oxygen atoms in total. The van der Waals surface area contributed by atoms with Crippen LogP contribution in [0.4, 0.5) is 0 Å². The molecular weight excluding hydrogens is 234 g/mol. The predicted molar refractivity (Wildman–Crippen MR) is 65.0 cm³/mol. The monoisotopic (exact) mass is 245 g/mol. The van der Waals surface area contributed by atoms with Gasteiger partial charge in [-0.3, -0.25) is 0 Å². The summed E-state index contributed by atoms with van der Waals surface area (Å²) >= 11 is 0. The molecule has 18 heavy (non-hydrogen) atoms. The molecule has 1 aromatic carbocycles. The number of phenolic OH excluding ortho intramolecular Hbond substituents is 1. The molecule has 0 unspecified atom stereocenters. The number of esters is 1. The van der Waals surface area contributed by atoms with Crippen LogP contribution in [0.15, 0.2) is 23.3 Å². The van der Waals surface area contributed by atoms with E-state index in [-0.39, 0.29) is 11.3 Å². The average Bonchev–Trinajstić information content (AvgIpc) is 2.39. The Kier molecular flexibility index (Phi) is 5.10. The van der Waals surface area contributed by atoms with Gasteiger partial charge in [0.1, 0.15) is 11.3 Å². The Bertz CT molecular complexity index is 551. The summed E-state index contributed by atoms with van der Waals surface area (Å²) in [5, 5.41) is 12.8. The van der Waals surface area contributed by atoms with Crippen molar-refractivity contribution in [3.05, 3.63) is 39.8 Å². The van der Waals surface area contributed by atoms with Gasteiger partial charge in [-0.1, -0.05) is 17.0 Å². The lowest BCUT2D eigenvalue weighted by atomic mass is 10.1. The highest BCUT2D eigenvalue weighted by molar-refractivity contribution is 5.92. The molecule has 1 rings (SSSR count). The summed E-state index contributed by atoms with van der Waals surface area (Å²) in [6.45, 7) is 0.297. The van der Waals surface area contributed by atoms with E-state index in [0.717, 1.165) is 0 Å². The van der Waals surface area contributed by atoms with Crippen LogP contribution in [-0.2, 0) is 4.74 Å². The van der Waals surface area contributed by atoms with Gasteiger partial charge in [0.05, 0.1) is 7.11 Å². The SMILES string of the molecule is COC(=O)c1cc(C#CCCN=[N+]=[N-])ccc1O. The molecule has 0 bridgehead atoms. The number of carbonyl (C=O) groups excluding carboxylic acids is 1. The molecule has 0 aliphatic heterocycles. The van der Waals surface area contributed by atoms with E-state index in [2.05, 4.69) is 26.6 Å². The number of benzene rings is 1. The Balaban J connectivity index is 2.84. The maximum atomic E-state index is 11.3. The van der Waals surface area contributed by atoms with Crippen LogP contribution in [0, 0.1) is 11.8 Å². The fourth-order valence-corrected chi connectivity index (χ4v) is 1.20. The summed E-state index contributed by atoms with van der Waals surface area (Å²) in [5.74, 6) is 4.82. The first-order valence-corrected chi connectivity index (χ1v) is 5.10. The van der Waals surface area contributed by atoms with Crippen LogP contribution >= 0.6 is 0 Å². The number of phenols is 1. The molecule has 0 aromatic heterocycles. The Hall–Kier alpha value is -2.64. The van der Waals surface area contributed by atoms with E-state index < -0.39 is 5.97 Å². The highest BCUT2D eigenvalue weighted by Crippen LogP contribution is 2.18. The number of methoxy groups -OCH3 is 1. The Morgan fingerprint density at radius 1 is 1.61 bits per heavy atom. The number of aromatic hydroxyl groups is 1. The van der Waals surface area contributed by atoms with E-state index in [4.69, 9.17) is 5.53 Å². The largest absolute Gasteiger partial charge is 0.507 e. The van der Waals surface area contributed by atoms with Gasteiger partial charge in [-0.05, 0) is 23.7 Å². The number of hydrogen-bond donors (Lipinski definition) is 1. The fraction of sp³-hybridized carbons (Fsp3) is 0.250. The molecule has 0 aliphatic rings. The van der Waals surface area contributed by atoms with Crippen LogP contribution in [0.2, 0.25) is 0 Å². The molecule has 0 atom stereocenters. The van der Waals surface area contributed by atoms with Crippen molar-refractivity contribution in [2.24, 2.45) is 5.11 Å². The highest BCUT2D eigenvalue weighted by Gasteiger charge is 2.11. The zero-order valence-corrected chi connectivity index (χ0v) is 9.75. The van der Waals surface area contributed by atoms with Gasteiger partial charge < -0.3 is 9.84 Å². The Morgan fingerprint density at radius 3 is 3.06 bits per heavy atom. The normalized spacial score (nSPS) is 8.72. The van der Waals surface area contributed by atoms with E-state index >= 15 is 0 Å². The summed E-state index contributed by atoms with van der Waals surface area (Å²) < 4.78 is 4.53. The molecule has 0 amide bonds. The third kappa shape index (κ3) is 3.74. The molecule has 92 valence electrons. The second kappa shape index (κ2) is 6.84. The van der Waals surface area contributed by atoms with Crippen molar-refractivity contribution in [3.8, 4) is 17.6 Å². The molecule has 0 saturated heterocycles. The number of azide groups is 1. The molecule has 0 spiro atoms. The smallest absolute Gasteiger partial charge is 0.341 e. The van der Waals surface area contributed by atoms with Crippen LogP contribution in [0.1, 0.15) is 22.3 Å². The molecular formula is C12H11N3O3. The van der Waals surface area contributed by atoms with Crippen LogP contribution in [0.3, 0.4) is 0 Å². The van der Waals surface area contributed by atoms with Gasteiger partial charge in [0.2, 0.25) is 0 Å². The van der Waals surface area contributed by atoms with Crippen molar-refractivity contribution in [2.45, 2.75) is 6.42 Å². The van der Waals surface area contributed by atoms with Gasteiger partial charge in [0, 0.05) is 23.4 Å².